The monoisotopic (exact) mass is 277 g/mol. The Morgan fingerprint density at radius 2 is 1.95 bits per heavy atom. The fourth-order valence-corrected chi connectivity index (χ4v) is 1.08. The molecule has 0 aromatic carbocycles. The lowest BCUT2D eigenvalue weighted by Crippen LogP contribution is -2.62. The standard InChI is InChI=1S/C10H10F3N3O3/c1-9(8(18)19,10(11,12)13)16-7(17)6-3-2-5(14)4-15-6/h2-4H,14H2,1H3,(H,16,17)(H,18,19). The third kappa shape index (κ3) is 2.92. The number of halogens is 3. The number of rotatable bonds is 3. The summed E-state index contributed by atoms with van der Waals surface area (Å²) in [6.07, 6.45) is -4.08. The summed E-state index contributed by atoms with van der Waals surface area (Å²) in [7, 11) is 0. The van der Waals surface area contributed by atoms with Crippen molar-refractivity contribution in [2.45, 2.75) is 18.6 Å². The average Bonchev–Trinajstić information content (AvgIpc) is 2.27. The first kappa shape index (κ1) is 14.7. The molecule has 0 aliphatic carbocycles. The zero-order valence-corrected chi connectivity index (χ0v) is 9.65. The molecule has 9 heteroatoms. The highest BCUT2D eigenvalue weighted by molar-refractivity contribution is 5.96. The van der Waals surface area contributed by atoms with Gasteiger partial charge in [0.2, 0.25) is 5.54 Å². The summed E-state index contributed by atoms with van der Waals surface area (Å²) >= 11 is 0. The maximum Gasteiger partial charge on any atom is 0.422 e. The Balaban J connectivity index is 3.02. The second kappa shape index (κ2) is 4.75. The Morgan fingerprint density at radius 3 is 2.32 bits per heavy atom. The topological polar surface area (TPSA) is 105 Å². The minimum Gasteiger partial charge on any atom is -0.479 e. The van der Waals surface area contributed by atoms with Crippen molar-refractivity contribution in [1.82, 2.24) is 10.3 Å². The molecule has 104 valence electrons. The summed E-state index contributed by atoms with van der Waals surface area (Å²) in [4.78, 5) is 25.8. The quantitative estimate of drug-likeness (QED) is 0.757. The maximum absolute atomic E-state index is 12.7. The summed E-state index contributed by atoms with van der Waals surface area (Å²) in [5, 5.41) is 10.0. The number of anilines is 1. The Labute approximate surface area is 105 Å². The van der Waals surface area contributed by atoms with Crippen molar-refractivity contribution in [2.75, 3.05) is 5.73 Å². The second-order valence-electron chi connectivity index (χ2n) is 3.86. The van der Waals surface area contributed by atoms with Gasteiger partial charge in [-0.05, 0) is 19.1 Å². The minimum atomic E-state index is -5.15. The van der Waals surface area contributed by atoms with Gasteiger partial charge in [0.25, 0.3) is 5.91 Å². The van der Waals surface area contributed by atoms with E-state index in [2.05, 4.69) is 4.98 Å². The summed E-state index contributed by atoms with van der Waals surface area (Å²) in [6, 6.07) is 2.34. The van der Waals surface area contributed by atoms with Gasteiger partial charge in [0.05, 0.1) is 11.9 Å². The summed E-state index contributed by atoms with van der Waals surface area (Å²) in [6.45, 7) is 0.352. The molecule has 0 bridgehead atoms. The molecular weight excluding hydrogens is 267 g/mol. The first-order valence-electron chi connectivity index (χ1n) is 4.92. The van der Waals surface area contributed by atoms with Crippen LogP contribution in [-0.4, -0.2) is 33.7 Å². The van der Waals surface area contributed by atoms with E-state index in [9.17, 15) is 22.8 Å². The van der Waals surface area contributed by atoms with Gasteiger partial charge in [0.1, 0.15) is 5.69 Å². The first-order chi connectivity index (χ1) is 8.58. The molecule has 1 heterocycles. The zero-order chi connectivity index (χ0) is 14.8. The van der Waals surface area contributed by atoms with Crippen LogP contribution >= 0.6 is 0 Å². The lowest BCUT2D eigenvalue weighted by molar-refractivity contribution is -0.203. The number of carboxylic acids is 1. The molecule has 0 saturated carbocycles. The summed E-state index contributed by atoms with van der Waals surface area (Å²) in [5.41, 5.74) is 1.75. The lowest BCUT2D eigenvalue weighted by Gasteiger charge is -2.28. The number of nitrogens with zero attached hydrogens (tertiary/aromatic N) is 1. The number of hydrogen-bond donors (Lipinski definition) is 3. The third-order valence-corrected chi connectivity index (χ3v) is 2.38. The molecule has 19 heavy (non-hydrogen) atoms. The minimum absolute atomic E-state index is 0.216. The smallest absolute Gasteiger partial charge is 0.422 e. The fourth-order valence-electron chi connectivity index (χ4n) is 1.08. The van der Waals surface area contributed by atoms with Gasteiger partial charge in [0.15, 0.2) is 0 Å². The molecule has 4 N–H and O–H groups in total. The Morgan fingerprint density at radius 1 is 1.37 bits per heavy atom. The number of pyridine rings is 1. The zero-order valence-electron chi connectivity index (χ0n) is 9.65. The van der Waals surface area contributed by atoms with E-state index in [0.717, 1.165) is 12.3 Å². The van der Waals surface area contributed by atoms with Crippen LogP contribution in [0.25, 0.3) is 0 Å². The molecule has 1 aromatic heterocycles. The van der Waals surface area contributed by atoms with Gasteiger partial charge in [-0.15, -0.1) is 0 Å². The number of carbonyl (C=O) groups is 2. The van der Waals surface area contributed by atoms with E-state index in [-0.39, 0.29) is 11.4 Å². The van der Waals surface area contributed by atoms with Crippen LogP contribution in [0.15, 0.2) is 18.3 Å². The van der Waals surface area contributed by atoms with Crippen LogP contribution in [0.1, 0.15) is 17.4 Å². The highest BCUT2D eigenvalue weighted by Crippen LogP contribution is 2.30. The number of nitrogen functional groups attached to an aromatic ring is 1. The van der Waals surface area contributed by atoms with Gasteiger partial charge >= 0.3 is 12.1 Å². The molecule has 1 amide bonds. The van der Waals surface area contributed by atoms with E-state index in [4.69, 9.17) is 10.8 Å². The van der Waals surface area contributed by atoms with E-state index in [1.54, 1.807) is 0 Å². The predicted octanol–water partition coefficient (Wildman–Crippen LogP) is 0.799. The fraction of sp³-hybridized carbons (Fsp3) is 0.300. The number of carbonyl (C=O) groups excluding carboxylic acids is 1. The van der Waals surface area contributed by atoms with E-state index >= 15 is 0 Å². The number of hydrogen-bond acceptors (Lipinski definition) is 4. The van der Waals surface area contributed by atoms with Crippen LogP contribution in [0.5, 0.6) is 0 Å². The Bertz CT molecular complexity index is 501. The highest BCUT2D eigenvalue weighted by atomic mass is 19.4. The average molecular weight is 277 g/mol. The van der Waals surface area contributed by atoms with Crippen molar-refractivity contribution >= 4 is 17.6 Å². The van der Waals surface area contributed by atoms with Crippen molar-refractivity contribution in [2.24, 2.45) is 0 Å². The van der Waals surface area contributed by atoms with E-state index in [1.807, 2.05) is 0 Å². The third-order valence-electron chi connectivity index (χ3n) is 2.38. The molecule has 0 radical (unpaired) electrons. The lowest BCUT2D eigenvalue weighted by atomic mass is 10.0. The number of amides is 1. The van der Waals surface area contributed by atoms with Crippen molar-refractivity contribution in [3.63, 3.8) is 0 Å². The van der Waals surface area contributed by atoms with Crippen LogP contribution < -0.4 is 11.1 Å². The van der Waals surface area contributed by atoms with Crippen LogP contribution in [0.4, 0.5) is 18.9 Å². The van der Waals surface area contributed by atoms with Gasteiger partial charge in [-0.3, -0.25) is 4.79 Å². The molecular formula is C10H10F3N3O3. The molecule has 0 fully saturated rings. The second-order valence-corrected chi connectivity index (χ2v) is 3.86. The number of aliphatic carboxylic acids is 1. The van der Waals surface area contributed by atoms with Crippen LogP contribution in [0.2, 0.25) is 0 Å². The summed E-state index contributed by atoms with van der Waals surface area (Å²) < 4.78 is 38.0. The Hall–Kier alpha value is -2.32. The van der Waals surface area contributed by atoms with Gasteiger partial charge in [0, 0.05) is 0 Å². The Kier molecular flexibility index (Phi) is 3.68. The molecule has 6 nitrogen and oxygen atoms in total. The van der Waals surface area contributed by atoms with Gasteiger partial charge < -0.3 is 16.2 Å². The van der Waals surface area contributed by atoms with Crippen LogP contribution in [-0.2, 0) is 4.79 Å². The van der Waals surface area contributed by atoms with Gasteiger partial charge in [-0.25, -0.2) is 9.78 Å². The van der Waals surface area contributed by atoms with Gasteiger partial charge in [-0.2, -0.15) is 13.2 Å². The van der Waals surface area contributed by atoms with Crippen molar-refractivity contribution in [1.29, 1.82) is 0 Å². The number of nitrogens with one attached hydrogen (secondary N) is 1. The van der Waals surface area contributed by atoms with Crippen molar-refractivity contribution in [3.05, 3.63) is 24.0 Å². The van der Waals surface area contributed by atoms with Gasteiger partial charge in [-0.1, -0.05) is 0 Å². The summed E-state index contributed by atoms with van der Waals surface area (Å²) in [5.74, 6) is -3.48. The number of nitrogens with two attached hydrogens (primary N) is 1. The molecule has 1 aromatic rings. The van der Waals surface area contributed by atoms with E-state index in [0.29, 0.717) is 6.92 Å². The predicted molar refractivity (Wildman–Crippen MR) is 58.2 cm³/mol. The number of carboxylic acid groups (broad SMARTS) is 1. The van der Waals surface area contributed by atoms with E-state index < -0.39 is 23.6 Å². The molecule has 0 spiro atoms. The SMILES string of the molecule is CC(NC(=O)c1ccc(N)cn1)(C(=O)O)C(F)(F)F. The maximum atomic E-state index is 12.7. The van der Waals surface area contributed by atoms with Crippen LogP contribution in [0, 0.1) is 0 Å². The molecule has 0 aliphatic rings. The van der Waals surface area contributed by atoms with E-state index in [1.165, 1.54) is 11.4 Å². The number of alkyl halides is 3. The molecule has 0 saturated heterocycles. The van der Waals surface area contributed by atoms with Crippen molar-refractivity contribution in [3.8, 4) is 0 Å². The first-order valence-corrected chi connectivity index (χ1v) is 4.92. The largest absolute Gasteiger partial charge is 0.479 e. The molecule has 1 unspecified atom stereocenters. The normalized spacial score (nSPS) is 14.5. The number of aromatic nitrogens is 1. The van der Waals surface area contributed by atoms with Crippen molar-refractivity contribution < 1.29 is 27.9 Å². The molecule has 0 aliphatic heterocycles. The molecule has 1 rings (SSSR count). The molecule has 1 atom stereocenters. The highest BCUT2D eigenvalue weighted by Gasteiger charge is 2.58. The van der Waals surface area contributed by atoms with Crippen LogP contribution in [0.3, 0.4) is 0 Å².